The largest absolute Gasteiger partial charge is 0.507 e. The molecule has 0 saturated heterocycles. The Balaban J connectivity index is 1.59. The van der Waals surface area contributed by atoms with E-state index in [0.29, 0.717) is 23.5 Å². The summed E-state index contributed by atoms with van der Waals surface area (Å²) in [6, 6.07) is 27.0. The van der Waals surface area contributed by atoms with E-state index in [1.54, 1.807) is 12.1 Å². The number of nitrogens with one attached hydrogen (secondary N) is 1. The van der Waals surface area contributed by atoms with Crippen LogP contribution >= 0.6 is 0 Å². The molecule has 0 radical (unpaired) electrons. The molecule has 1 aromatic heterocycles. The van der Waals surface area contributed by atoms with Crippen LogP contribution in [0.4, 0.5) is 0 Å². The van der Waals surface area contributed by atoms with E-state index in [1.165, 1.54) is 5.56 Å². The van der Waals surface area contributed by atoms with Crippen molar-refractivity contribution >= 4 is 5.91 Å². The molecule has 0 spiro atoms. The van der Waals surface area contributed by atoms with Crippen molar-refractivity contribution in [3.8, 4) is 17.0 Å². The number of phenolic OH excluding ortho intramolecular Hbond substituents is 1. The lowest BCUT2D eigenvalue weighted by atomic mass is 9.95. The Morgan fingerprint density at radius 1 is 0.900 bits per heavy atom. The van der Waals surface area contributed by atoms with Crippen LogP contribution in [0.5, 0.6) is 5.75 Å². The van der Waals surface area contributed by atoms with Gasteiger partial charge in [-0.05, 0) is 29.7 Å². The number of aromatic hydroxyl groups is 1. The van der Waals surface area contributed by atoms with Crippen LogP contribution in [-0.2, 0) is 6.42 Å². The van der Waals surface area contributed by atoms with Crippen molar-refractivity contribution in [1.29, 1.82) is 0 Å². The van der Waals surface area contributed by atoms with E-state index in [0.717, 1.165) is 17.5 Å². The number of rotatable bonds is 5. The van der Waals surface area contributed by atoms with Gasteiger partial charge in [-0.15, -0.1) is 0 Å². The number of aromatic nitrogens is 2. The number of hydrogen-bond acceptors (Lipinski definition) is 3. The van der Waals surface area contributed by atoms with Gasteiger partial charge in [-0.2, -0.15) is 5.10 Å². The first kappa shape index (κ1) is 18.2. The highest BCUT2D eigenvalue weighted by atomic mass is 16.3. The fourth-order valence-corrected chi connectivity index (χ4v) is 4.18. The molecule has 148 valence electrons. The molecule has 0 saturated carbocycles. The number of carbonyl (C=O) groups is 1. The second-order valence-corrected chi connectivity index (χ2v) is 7.43. The van der Waals surface area contributed by atoms with E-state index >= 15 is 0 Å². The summed E-state index contributed by atoms with van der Waals surface area (Å²) >= 11 is 0. The van der Waals surface area contributed by atoms with Gasteiger partial charge < -0.3 is 10.0 Å². The molecular formula is C25H21N3O2. The van der Waals surface area contributed by atoms with Gasteiger partial charge in [0.25, 0.3) is 5.91 Å². The number of aromatic amines is 1. The molecule has 5 nitrogen and oxygen atoms in total. The summed E-state index contributed by atoms with van der Waals surface area (Å²) in [4.78, 5) is 15.2. The zero-order valence-corrected chi connectivity index (χ0v) is 16.3. The van der Waals surface area contributed by atoms with E-state index in [4.69, 9.17) is 0 Å². The minimum absolute atomic E-state index is 0.0658. The molecule has 1 aliphatic rings. The maximum absolute atomic E-state index is 13.3. The van der Waals surface area contributed by atoms with Gasteiger partial charge in [-0.25, -0.2) is 0 Å². The second-order valence-electron chi connectivity index (χ2n) is 7.43. The summed E-state index contributed by atoms with van der Waals surface area (Å²) < 4.78 is 0. The predicted molar refractivity (Wildman–Crippen MR) is 115 cm³/mol. The molecule has 1 amide bonds. The molecule has 5 rings (SSSR count). The molecule has 5 heteroatoms. The summed E-state index contributed by atoms with van der Waals surface area (Å²) in [6.45, 7) is 0.588. The number of benzene rings is 3. The Labute approximate surface area is 174 Å². The van der Waals surface area contributed by atoms with Gasteiger partial charge in [0.05, 0.1) is 6.04 Å². The van der Waals surface area contributed by atoms with Crippen LogP contribution in [0, 0.1) is 0 Å². The number of amides is 1. The lowest BCUT2D eigenvalue weighted by Gasteiger charge is -2.26. The standard InChI is InChI=1S/C25H21N3O2/c29-20-14-8-7-13-19(20)22-21-23(27-26-22)25(30)28(16-15-17-9-3-1-4-10-17)24(21)18-11-5-2-6-12-18/h1-14,24,29H,15-16H2,(H,26,27). The highest BCUT2D eigenvalue weighted by Gasteiger charge is 2.42. The van der Waals surface area contributed by atoms with Crippen molar-refractivity contribution in [2.45, 2.75) is 12.5 Å². The number of nitrogens with zero attached hydrogens (tertiary/aromatic N) is 2. The minimum Gasteiger partial charge on any atom is -0.507 e. The molecule has 1 atom stereocenters. The normalized spacial score (nSPS) is 15.4. The van der Waals surface area contributed by atoms with E-state index in [2.05, 4.69) is 22.3 Å². The third-order valence-electron chi connectivity index (χ3n) is 5.62. The first-order valence-electron chi connectivity index (χ1n) is 10.0. The van der Waals surface area contributed by atoms with Crippen molar-refractivity contribution < 1.29 is 9.90 Å². The molecule has 2 heterocycles. The second kappa shape index (κ2) is 7.52. The van der Waals surface area contributed by atoms with Crippen molar-refractivity contribution in [2.24, 2.45) is 0 Å². The van der Waals surface area contributed by atoms with E-state index in [-0.39, 0.29) is 17.7 Å². The molecule has 1 aliphatic heterocycles. The van der Waals surface area contributed by atoms with Crippen molar-refractivity contribution in [3.05, 3.63) is 107 Å². The molecular weight excluding hydrogens is 374 g/mol. The SMILES string of the molecule is O=C1c2[nH]nc(-c3ccccc3O)c2C(c2ccccc2)N1CCc1ccccc1. The summed E-state index contributed by atoms with van der Waals surface area (Å²) in [7, 11) is 0. The van der Waals surface area contributed by atoms with Gasteiger partial charge >= 0.3 is 0 Å². The summed E-state index contributed by atoms with van der Waals surface area (Å²) in [5, 5.41) is 17.8. The maximum atomic E-state index is 13.3. The molecule has 30 heavy (non-hydrogen) atoms. The number of carbonyl (C=O) groups excluding carboxylic acids is 1. The zero-order chi connectivity index (χ0) is 20.5. The first-order valence-corrected chi connectivity index (χ1v) is 10.0. The van der Waals surface area contributed by atoms with Crippen LogP contribution in [0.25, 0.3) is 11.3 Å². The summed E-state index contributed by atoms with van der Waals surface area (Å²) in [5.74, 6) is 0.0813. The number of para-hydroxylation sites is 1. The van der Waals surface area contributed by atoms with Crippen LogP contribution in [0.1, 0.15) is 33.2 Å². The van der Waals surface area contributed by atoms with Crippen molar-refractivity contribution in [1.82, 2.24) is 15.1 Å². The Bertz CT molecular complexity index is 1190. The third-order valence-corrected chi connectivity index (χ3v) is 5.62. The van der Waals surface area contributed by atoms with Gasteiger partial charge in [-0.3, -0.25) is 9.89 Å². The number of H-pyrrole nitrogens is 1. The van der Waals surface area contributed by atoms with Crippen LogP contribution in [0.15, 0.2) is 84.9 Å². The van der Waals surface area contributed by atoms with Crippen LogP contribution in [0.3, 0.4) is 0 Å². The topological polar surface area (TPSA) is 69.2 Å². The monoisotopic (exact) mass is 395 g/mol. The summed E-state index contributed by atoms with van der Waals surface area (Å²) in [5.41, 5.74) is 4.76. The average Bonchev–Trinajstić information content (AvgIpc) is 3.33. The highest BCUT2D eigenvalue weighted by molar-refractivity contribution is 6.00. The fraction of sp³-hybridized carbons (Fsp3) is 0.120. The van der Waals surface area contributed by atoms with E-state index in [9.17, 15) is 9.90 Å². The van der Waals surface area contributed by atoms with Crippen molar-refractivity contribution in [3.63, 3.8) is 0 Å². The Morgan fingerprint density at radius 3 is 2.30 bits per heavy atom. The Hall–Kier alpha value is -3.86. The van der Waals surface area contributed by atoms with E-state index < -0.39 is 0 Å². The van der Waals surface area contributed by atoms with Crippen LogP contribution in [0.2, 0.25) is 0 Å². The first-order chi connectivity index (χ1) is 14.7. The molecule has 2 N–H and O–H groups in total. The highest BCUT2D eigenvalue weighted by Crippen LogP contribution is 2.44. The van der Waals surface area contributed by atoms with Crippen LogP contribution in [-0.4, -0.2) is 32.7 Å². The smallest absolute Gasteiger partial charge is 0.273 e. The lowest BCUT2D eigenvalue weighted by Crippen LogP contribution is -2.31. The number of fused-ring (bicyclic) bond motifs is 1. The van der Waals surface area contributed by atoms with Crippen LogP contribution < -0.4 is 0 Å². The van der Waals surface area contributed by atoms with Crippen molar-refractivity contribution in [2.75, 3.05) is 6.54 Å². The van der Waals surface area contributed by atoms with E-state index in [1.807, 2.05) is 65.6 Å². The Kier molecular flexibility index (Phi) is 4.56. The zero-order valence-electron chi connectivity index (χ0n) is 16.3. The maximum Gasteiger partial charge on any atom is 0.273 e. The Morgan fingerprint density at radius 2 is 1.57 bits per heavy atom. The molecule has 1 unspecified atom stereocenters. The molecule has 0 bridgehead atoms. The van der Waals surface area contributed by atoms with Gasteiger partial charge in [0.2, 0.25) is 0 Å². The van der Waals surface area contributed by atoms with Gasteiger partial charge in [0.15, 0.2) is 0 Å². The molecule has 4 aromatic rings. The average molecular weight is 395 g/mol. The quantitative estimate of drug-likeness (QED) is 0.520. The fourth-order valence-electron chi connectivity index (χ4n) is 4.18. The lowest BCUT2D eigenvalue weighted by molar-refractivity contribution is 0.0746. The molecule has 0 fully saturated rings. The third kappa shape index (κ3) is 3.05. The summed E-state index contributed by atoms with van der Waals surface area (Å²) in [6.07, 6.45) is 0.763. The van der Waals surface area contributed by atoms with Gasteiger partial charge in [-0.1, -0.05) is 72.8 Å². The number of hydrogen-bond donors (Lipinski definition) is 2. The number of phenols is 1. The molecule has 0 aliphatic carbocycles. The minimum atomic E-state index is -0.259. The van der Waals surface area contributed by atoms with Gasteiger partial charge in [0.1, 0.15) is 17.1 Å². The molecule has 3 aromatic carbocycles. The predicted octanol–water partition coefficient (Wildman–Crippen LogP) is 4.57. The van der Waals surface area contributed by atoms with Gasteiger partial charge in [0, 0.05) is 17.7 Å².